The number of carbonyl (C=O) groups excluding carboxylic acids is 1. The minimum atomic E-state index is -0.658. The van der Waals surface area contributed by atoms with Crippen LogP contribution in [0.5, 0.6) is 0 Å². The highest BCUT2D eigenvalue weighted by molar-refractivity contribution is 6.62. The van der Waals surface area contributed by atoms with Gasteiger partial charge in [-0.05, 0) is 64.3 Å². The average molecular weight is 420 g/mol. The number of hydrogen-bond donors (Lipinski definition) is 0. The first-order valence-electron chi connectivity index (χ1n) is 10.3. The molecule has 2 aromatic heterocycles. The summed E-state index contributed by atoms with van der Waals surface area (Å²) >= 11 is 0. The highest BCUT2D eigenvalue weighted by atomic mass is 16.7. The van der Waals surface area contributed by atoms with Crippen molar-refractivity contribution >= 4 is 29.6 Å². The van der Waals surface area contributed by atoms with E-state index in [4.69, 9.17) is 14.0 Å². The Kier molecular flexibility index (Phi) is 5.23. The molecule has 0 saturated carbocycles. The van der Waals surface area contributed by atoms with Crippen LogP contribution in [0.4, 0.5) is 0 Å². The summed E-state index contributed by atoms with van der Waals surface area (Å²) in [7, 11) is -0.534. The largest absolute Gasteiger partial charge is 0.494 e. The highest BCUT2D eigenvalue weighted by Crippen LogP contribution is 2.36. The fourth-order valence-electron chi connectivity index (χ4n) is 3.51. The lowest BCUT2D eigenvalue weighted by Crippen LogP contribution is -2.41. The van der Waals surface area contributed by atoms with Crippen molar-refractivity contribution in [2.75, 3.05) is 6.61 Å². The Bertz CT molecular complexity index is 1200. The van der Waals surface area contributed by atoms with Gasteiger partial charge in [0.1, 0.15) is 11.2 Å². The second-order valence-corrected chi connectivity index (χ2v) is 8.52. The van der Waals surface area contributed by atoms with Gasteiger partial charge in [0.2, 0.25) is 5.43 Å². The van der Waals surface area contributed by atoms with E-state index < -0.39 is 29.7 Å². The van der Waals surface area contributed by atoms with Crippen LogP contribution in [0.2, 0.25) is 0 Å². The summed E-state index contributed by atoms with van der Waals surface area (Å²) in [6.07, 6.45) is 3.10. The van der Waals surface area contributed by atoms with Crippen LogP contribution in [0.15, 0.2) is 53.6 Å². The molecule has 0 spiro atoms. The molecular weight excluding hydrogens is 395 g/mol. The van der Waals surface area contributed by atoms with Gasteiger partial charge in [0.05, 0.1) is 23.2 Å². The molecule has 0 aliphatic carbocycles. The van der Waals surface area contributed by atoms with Crippen LogP contribution in [0, 0.1) is 0 Å². The van der Waals surface area contributed by atoms with E-state index in [1.54, 1.807) is 29.8 Å². The summed E-state index contributed by atoms with van der Waals surface area (Å²) in [6, 6.07) is 10.9. The molecule has 1 aliphatic heterocycles. The second kappa shape index (κ2) is 7.62. The molecular formula is C23H25BN2O5. The number of pyridine rings is 2. The van der Waals surface area contributed by atoms with E-state index in [2.05, 4.69) is 4.98 Å². The Morgan fingerprint density at radius 2 is 1.84 bits per heavy atom. The predicted molar refractivity (Wildman–Crippen MR) is 119 cm³/mol. The van der Waals surface area contributed by atoms with E-state index in [1.807, 2.05) is 52.0 Å². The molecule has 4 rings (SSSR count). The summed E-state index contributed by atoms with van der Waals surface area (Å²) in [5.74, 6) is -0.658. The number of ether oxygens (including phenoxy) is 1. The van der Waals surface area contributed by atoms with Crippen molar-refractivity contribution < 1.29 is 18.8 Å². The van der Waals surface area contributed by atoms with Crippen LogP contribution in [0.1, 0.15) is 45.0 Å². The molecule has 0 radical (unpaired) electrons. The highest BCUT2D eigenvalue weighted by Gasteiger charge is 2.51. The zero-order valence-electron chi connectivity index (χ0n) is 18.3. The zero-order chi connectivity index (χ0) is 22.4. The van der Waals surface area contributed by atoms with Gasteiger partial charge in [-0.3, -0.25) is 4.79 Å². The van der Waals surface area contributed by atoms with Crippen LogP contribution in [0.25, 0.3) is 16.7 Å². The molecule has 31 heavy (non-hydrogen) atoms. The number of hydrogen-bond acceptors (Lipinski definition) is 6. The normalized spacial score (nSPS) is 17.1. The number of rotatable bonds is 4. The van der Waals surface area contributed by atoms with Crippen LogP contribution in [-0.4, -0.2) is 40.4 Å². The Morgan fingerprint density at radius 3 is 2.52 bits per heavy atom. The van der Waals surface area contributed by atoms with E-state index in [0.717, 1.165) is 11.2 Å². The van der Waals surface area contributed by atoms with E-state index >= 15 is 0 Å². The van der Waals surface area contributed by atoms with E-state index in [1.165, 1.54) is 6.20 Å². The quantitative estimate of drug-likeness (QED) is 0.477. The molecule has 1 saturated heterocycles. The molecule has 0 amide bonds. The first kappa shape index (κ1) is 21.3. The number of benzene rings is 1. The summed E-state index contributed by atoms with van der Waals surface area (Å²) in [4.78, 5) is 29.7. The fourth-order valence-corrected chi connectivity index (χ4v) is 3.51. The Labute approximate surface area is 181 Å². The molecule has 8 heteroatoms. The fraction of sp³-hybridized carbons (Fsp3) is 0.348. The molecule has 0 N–H and O–H groups in total. The summed E-state index contributed by atoms with van der Waals surface area (Å²) < 4.78 is 19.1. The van der Waals surface area contributed by atoms with Gasteiger partial charge >= 0.3 is 13.1 Å². The third-order valence-electron chi connectivity index (χ3n) is 5.93. The first-order chi connectivity index (χ1) is 14.6. The average Bonchev–Trinajstić information content (AvgIpc) is 2.96. The van der Waals surface area contributed by atoms with Crippen LogP contribution in [-0.2, 0) is 14.0 Å². The first-order valence-corrected chi connectivity index (χ1v) is 10.3. The molecule has 1 aliphatic rings. The lowest BCUT2D eigenvalue weighted by Gasteiger charge is -2.32. The van der Waals surface area contributed by atoms with E-state index in [-0.39, 0.29) is 12.2 Å². The van der Waals surface area contributed by atoms with Gasteiger partial charge in [-0.15, -0.1) is 0 Å². The van der Waals surface area contributed by atoms with Crippen molar-refractivity contribution in [3.8, 4) is 5.69 Å². The molecule has 0 unspecified atom stereocenters. The Morgan fingerprint density at radius 1 is 1.13 bits per heavy atom. The standard InChI is InChI=1S/C23H25BN2O5/c1-6-29-21(28)18-14-26(20-17(19(18)27)11-8-12-25-20)16-10-7-9-15(13-16)24-30-22(2,3)23(4,5)31-24/h7-14H,6H2,1-5H3. The summed E-state index contributed by atoms with van der Waals surface area (Å²) in [5, 5.41) is 0.342. The summed E-state index contributed by atoms with van der Waals surface area (Å²) in [6.45, 7) is 9.89. The van der Waals surface area contributed by atoms with Gasteiger partial charge in [-0.2, -0.15) is 0 Å². The Balaban J connectivity index is 1.85. The summed E-state index contributed by atoms with van der Waals surface area (Å²) in [5.41, 5.74) is 0.639. The van der Waals surface area contributed by atoms with Gasteiger partial charge in [0.25, 0.3) is 0 Å². The Hall–Kier alpha value is -2.97. The van der Waals surface area contributed by atoms with Gasteiger partial charge in [-0.25, -0.2) is 9.78 Å². The smallest absolute Gasteiger partial charge is 0.462 e. The third kappa shape index (κ3) is 3.66. The number of fused-ring (bicyclic) bond motifs is 1. The van der Waals surface area contributed by atoms with Crippen molar-refractivity contribution in [1.82, 2.24) is 9.55 Å². The zero-order valence-corrected chi connectivity index (χ0v) is 18.3. The molecule has 3 aromatic rings. The minimum absolute atomic E-state index is 0.0385. The molecule has 3 heterocycles. The molecule has 0 atom stereocenters. The van der Waals surface area contributed by atoms with Crippen LogP contribution in [0.3, 0.4) is 0 Å². The number of aromatic nitrogens is 2. The van der Waals surface area contributed by atoms with E-state index in [0.29, 0.717) is 11.0 Å². The van der Waals surface area contributed by atoms with Gasteiger partial charge in [-0.1, -0.05) is 12.1 Å². The van der Waals surface area contributed by atoms with Gasteiger partial charge in [0, 0.05) is 18.1 Å². The predicted octanol–water partition coefficient (Wildman–Crippen LogP) is 2.86. The maximum Gasteiger partial charge on any atom is 0.494 e. The third-order valence-corrected chi connectivity index (χ3v) is 5.93. The topological polar surface area (TPSA) is 79.7 Å². The van der Waals surface area contributed by atoms with E-state index in [9.17, 15) is 9.59 Å². The van der Waals surface area contributed by atoms with Crippen molar-refractivity contribution in [2.45, 2.75) is 45.8 Å². The number of nitrogens with zero attached hydrogens (tertiary/aromatic N) is 2. The van der Waals surface area contributed by atoms with Gasteiger partial charge in [0.15, 0.2) is 0 Å². The lowest BCUT2D eigenvalue weighted by molar-refractivity contribution is 0.00578. The van der Waals surface area contributed by atoms with Crippen molar-refractivity contribution in [1.29, 1.82) is 0 Å². The molecule has 160 valence electrons. The molecule has 0 bridgehead atoms. The van der Waals surface area contributed by atoms with Crippen molar-refractivity contribution in [3.05, 3.63) is 64.6 Å². The minimum Gasteiger partial charge on any atom is -0.462 e. The lowest BCUT2D eigenvalue weighted by atomic mass is 9.79. The SMILES string of the molecule is CCOC(=O)c1cn(-c2cccc(B3OC(C)(C)C(C)(C)O3)c2)c2ncccc2c1=O. The monoisotopic (exact) mass is 420 g/mol. The maximum atomic E-state index is 12.9. The second-order valence-electron chi connectivity index (χ2n) is 8.52. The molecule has 7 nitrogen and oxygen atoms in total. The number of carbonyl (C=O) groups is 1. The molecule has 1 aromatic carbocycles. The maximum absolute atomic E-state index is 12.9. The molecule has 1 fully saturated rings. The van der Waals surface area contributed by atoms with Crippen LogP contribution >= 0.6 is 0 Å². The van der Waals surface area contributed by atoms with Crippen LogP contribution < -0.4 is 10.9 Å². The van der Waals surface area contributed by atoms with Gasteiger partial charge < -0.3 is 18.6 Å². The number of esters is 1. The van der Waals surface area contributed by atoms with Crippen molar-refractivity contribution in [3.63, 3.8) is 0 Å². The van der Waals surface area contributed by atoms with Crippen molar-refractivity contribution in [2.24, 2.45) is 0 Å².